The minimum Gasteiger partial charge on any atom is -0.444 e. The lowest BCUT2D eigenvalue weighted by atomic mass is 10.1. The van der Waals surface area contributed by atoms with Crippen molar-refractivity contribution in [1.29, 1.82) is 0 Å². The molecular weight excluding hydrogens is 416 g/mol. The van der Waals surface area contributed by atoms with Crippen LogP contribution in [0.3, 0.4) is 0 Å². The second-order valence-electron chi connectivity index (χ2n) is 7.27. The van der Waals surface area contributed by atoms with Crippen LogP contribution in [0.2, 0.25) is 0 Å². The van der Waals surface area contributed by atoms with E-state index in [9.17, 15) is 22.8 Å². The summed E-state index contributed by atoms with van der Waals surface area (Å²) in [6.07, 6.45) is -0.614. The molecule has 3 rings (SSSR count). The lowest BCUT2D eigenvalue weighted by Gasteiger charge is -2.22. The smallest absolute Gasteiger partial charge is 0.418 e. The molecule has 0 aromatic carbocycles. The fraction of sp³-hybridized carbons (Fsp3) is 0.643. The molecular formula is C14H20N4O8S2. The zero-order chi connectivity index (χ0) is 20.9. The van der Waals surface area contributed by atoms with E-state index in [-0.39, 0.29) is 31.1 Å². The highest BCUT2D eigenvalue weighted by Crippen LogP contribution is 2.39. The molecule has 3 amide bonds. The number of alkyl carbamates (subject to hydrolysis) is 1. The van der Waals surface area contributed by atoms with E-state index < -0.39 is 34.2 Å². The van der Waals surface area contributed by atoms with Crippen molar-refractivity contribution in [2.75, 3.05) is 13.1 Å². The van der Waals surface area contributed by atoms with Crippen molar-refractivity contribution in [3.8, 4) is 0 Å². The molecule has 2 aliphatic rings. The maximum Gasteiger partial charge on any atom is 0.418 e. The second kappa shape index (κ2) is 7.02. The van der Waals surface area contributed by atoms with Crippen LogP contribution < -0.4 is 10.2 Å². The van der Waals surface area contributed by atoms with Crippen molar-refractivity contribution in [3.63, 3.8) is 0 Å². The zero-order valence-electron chi connectivity index (χ0n) is 15.4. The van der Waals surface area contributed by atoms with Crippen LogP contribution in [0.4, 0.5) is 9.59 Å². The van der Waals surface area contributed by atoms with E-state index in [2.05, 4.69) is 9.60 Å². The summed E-state index contributed by atoms with van der Waals surface area (Å²) in [7, 11) is -4.89. The molecule has 1 aromatic rings. The summed E-state index contributed by atoms with van der Waals surface area (Å²) in [5, 5.41) is 3.11. The number of amides is 3. The maximum atomic E-state index is 12.4. The van der Waals surface area contributed by atoms with Crippen LogP contribution in [-0.4, -0.2) is 58.3 Å². The van der Waals surface area contributed by atoms with Crippen molar-refractivity contribution in [1.82, 2.24) is 19.8 Å². The van der Waals surface area contributed by atoms with Gasteiger partial charge in [-0.2, -0.15) is 13.5 Å². The molecule has 0 spiro atoms. The van der Waals surface area contributed by atoms with Crippen LogP contribution in [0.5, 0.6) is 0 Å². The third-order valence-electron chi connectivity index (χ3n) is 3.98. The van der Waals surface area contributed by atoms with Gasteiger partial charge in [0.2, 0.25) is 0 Å². The Morgan fingerprint density at radius 1 is 1.36 bits per heavy atom. The second-order valence-corrected chi connectivity index (χ2v) is 9.26. The molecule has 0 radical (unpaired) electrons. The Morgan fingerprint density at radius 3 is 2.64 bits per heavy atom. The zero-order valence-corrected chi connectivity index (χ0v) is 17.0. The van der Waals surface area contributed by atoms with Crippen LogP contribution in [0.15, 0.2) is 4.79 Å². The van der Waals surface area contributed by atoms with Gasteiger partial charge in [0.15, 0.2) is 0 Å². The van der Waals surface area contributed by atoms with Crippen LogP contribution in [0.1, 0.15) is 37.4 Å². The molecule has 12 nitrogen and oxygen atoms in total. The number of urea groups is 1. The van der Waals surface area contributed by atoms with Crippen LogP contribution in [0, 0.1) is 0 Å². The lowest BCUT2D eigenvalue weighted by molar-refractivity contribution is -0.0308. The maximum absolute atomic E-state index is 12.4. The first-order valence-corrected chi connectivity index (χ1v) is 10.5. The SMILES string of the molecule is CC(C)(C)OC(=O)NCCn1c2c(sc1=O)C1CN(C2)C(=O)N1OS(=O)(=O)O. The van der Waals surface area contributed by atoms with E-state index >= 15 is 0 Å². The van der Waals surface area contributed by atoms with Gasteiger partial charge in [-0.15, -0.1) is 4.28 Å². The number of hydrogen-bond acceptors (Lipinski definition) is 8. The first-order valence-electron chi connectivity index (χ1n) is 8.30. The van der Waals surface area contributed by atoms with Gasteiger partial charge in [0.05, 0.1) is 23.7 Å². The third kappa shape index (κ3) is 4.29. The predicted molar refractivity (Wildman–Crippen MR) is 95.8 cm³/mol. The number of carbonyl (C=O) groups is 2. The molecule has 156 valence electrons. The molecule has 0 aliphatic carbocycles. The molecule has 14 heteroatoms. The van der Waals surface area contributed by atoms with Gasteiger partial charge in [-0.25, -0.2) is 9.59 Å². The van der Waals surface area contributed by atoms with E-state index in [0.29, 0.717) is 15.6 Å². The van der Waals surface area contributed by atoms with Crippen molar-refractivity contribution in [2.45, 2.75) is 45.5 Å². The Hall–Kier alpha value is -2.16. The molecule has 1 fully saturated rings. The highest BCUT2D eigenvalue weighted by atomic mass is 32.3. The summed E-state index contributed by atoms with van der Waals surface area (Å²) in [5.74, 6) is 0. The average Bonchev–Trinajstić information content (AvgIpc) is 2.96. The van der Waals surface area contributed by atoms with E-state index in [1.165, 1.54) is 9.47 Å². The van der Waals surface area contributed by atoms with E-state index in [0.717, 1.165) is 11.3 Å². The molecule has 3 heterocycles. The molecule has 28 heavy (non-hydrogen) atoms. The minimum absolute atomic E-state index is 0.0845. The number of rotatable bonds is 5. The fourth-order valence-electron chi connectivity index (χ4n) is 3.01. The summed E-state index contributed by atoms with van der Waals surface area (Å²) in [5.41, 5.74) is -0.113. The fourth-order valence-corrected chi connectivity index (χ4v) is 4.48. The number of nitrogens with zero attached hydrogens (tertiary/aromatic N) is 3. The largest absolute Gasteiger partial charge is 0.444 e. The Balaban J connectivity index is 1.75. The van der Waals surface area contributed by atoms with Gasteiger partial charge in [-0.1, -0.05) is 11.3 Å². The van der Waals surface area contributed by atoms with Crippen molar-refractivity contribution >= 4 is 33.9 Å². The summed E-state index contributed by atoms with van der Waals surface area (Å²) in [6.45, 7) is 5.69. The van der Waals surface area contributed by atoms with E-state index in [1.54, 1.807) is 20.8 Å². The number of carbonyl (C=O) groups excluding carboxylic acids is 2. The van der Waals surface area contributed by atoms with E-state index in [1.807, 2.05) is 0 Å². The van der Waals surface area contributed by atoms with Gasteiger partial charge in [0.25, 0.3) is 0 Å². The summed E-state index contributed by atoms with van der Waals surface area (Å²) in [4.78, 5) is 37.8. The number of ether oxygens (including phenoxy) is 1. The molecule has 1 aromatic heterocycles. The Kier molecular flexibility index (Phi) is 5.16. The average molecular weight is 436 g/mol. The monoisotopic (exact) mass is 436 g/mol. The van der Waals surface area contributed by atoms with Crippen LogP contribution in [-0.2, 0) is 32.5 Å². The summed E-state index contributed by atoms with van der Waals surface area (Å²) < 4.78 is 41.9. The van der Waals surface area contributed by atoms with Gasteiger partial charge in [-0.05, 0) is 20.8 Å². The number of fused-ring (bicyclic) bond motifs is 4. The van der Waals surface area contributed by atoms with Crippen molar-refractivity contribution in [2.24, 2.45) is 0 Å². The van der Waals surface area contributed by atoms with Crippen LogP contribution in [0.25, 0.3) is 0 Å². The summed E-state index contributed by atoms with van der Waals surface area (Å²) in [6, 6.07) is -1.55. The van der Waals surface area contributed by atoms with Gasteiger partial charge < -0.3 is 15.0 Å². The highest BCUT2D eigenvalue weighted by molar-refractivity contribution is 7.80. The molecule has 1 saturated heterocycles. The molecule has 0 saturated carbocycles. The number of aromatic nitrogens is 1. The summed E-state index contributed by atoms with van der Waals surface area (Å²) >= 11 is 0.863. The normalized spacial score (nSPS) is 19.0. The standard InChI is InChI=1S/C14H20N4O8S2/c1-14(2,3)25-11(19)15-4-5-17-8-6-16-7-9(10(8)27-13(17)21)18(12(16)20)26-28(22,23)24/h9H,4-7H2,1-3H3,(H,15,19)(H,22,23,24). The third-order valence-corrected chi connectivity index (χ3v) is 5.46. The highest BCUT2D eigenvalue weighted by Gasteiger charge is 2.48. The Bertz CT molecular complexity index is 961. The van der Waals surface area contributed by atoms with Crippen molar-refractivity contribution < 1.29 is 31.6 Å². The first-order chi connectivity index (χ1) is 12.9. The van der Waals surface area contributed by atoms with Crippen molar-refractivity contribution in [3.05, 3.63) is 20.2 Å². The van der Waals surface area contributed by atoms with Crippen LogP contribution >= 0.6 is 11.3 Å². The number of nitrogens with one attached hydrogen (secondary N) is 1. The Labute approximate surface area is 164 Å². The predicted octanol–water partition coefficient (Wildman–Crippen LogP) is 0.461. The van der Waals surface area contributed by atoms with E-state index in [4.69, 9.17) is 9.29 Å². The quantitative estimate of drug-likeness (QED) is 0.633. The topological polar surface area (TPSA) is 147 Å². The molecule has 1 atom stereocenters. The lowest BCUT2D eigenvalue weighted by Crippen LogP contribution is -2.36. The number of hydrogen-bond donors (Lipinski definition) is 2. The molecule has 1 unspecified atom stereocenters. The molecule has 2 aliphatic heterocycles. The van der Waals surface area contributed by atoms with Gasteiger partial charge >= 0.3 is 27.4 Å². The van der Waals surface area contributed by atoms with Gasteiger partial charge in [0, 0.05) is 13.1 Å². The molecule has 2 bridgehead atoms. The van der Waals surface area contributed by atoms with Gasteiger partial charge in [0.1, 0.15) is 11.6 Å². The number of hydroxylamine groups is 2. The number of thiazole rings is 1. The molecule has 2 N–H and O–H groups in total. The Morgan fingerprint density at radius 2 is 2.04 bits per heavy atom. The minimum atomic E-state index is -4.89. The van der Waals surface area contributed by atoms with Gasteiger partial charge in [-0.3, -0.25) is 13.9 Å². The first kappa shape index (κ1) is 20.6.